The predicted molar refractivity (Wildman–Crippen MR) is 94.0 cm³/mol. The largest absolute Gasteiger partial charge is 2.00 e. The van der Waals surface area contributed by atoms with Crippen molar-refractivity contribution in [1.82, 2.24) is 9.80 Å². The summed E-state index contributed by atoms with van der Waals surface area (Å²) >= 11 is 10.1. The summed E-state index contributed by atoms with van der Waals surface area (Å²) in [5.41, 5.74) is 0.520. The first-order valence-electron chi connectivity index (χ1n) is 6.36. The van der Waals surface area contributed by atoms with Crippen LogP contribution in [0.3, 0.4) is 0 Å². The van der Waals surface area contributed by atoms with E-state index >= 15 is 0 Å². The molecule has 0 aromatic heterocycles. The average Bonchev–Trinajstić information content (AvgIpc) is 2.41. The van der Waals surface area contributed by atoms with Crippen LogP contribution in [0.25, 0.3) is 0 Å². The molecule has 0 amide bonds. The Hall–Kier alpha value is -0.801. The molecule has 0 aliphatic carbocycles. The molecule has 0 fully saturated rings. The summed E-state index contributed by atoms with van der Waals surface area (Å²) in [7, 11) is 7.19. The van der Waals surface area contributed by atoms with Crippen molar-refractivity contribution < 1.29 is 21.8 Å². The number of hydrogen-bond donors (Lipinski definition) is 0. The van der Waals surface area contributed by atoms with Crippen LogP contribution in [0.2, 0.25) is 0 Å². The van der Waals surface area contributed by atoms with Gasteiger partial charge in [0, 0.05) is 45.1 Å². The molecule has 1 radical (unpaired) electrons. The van der Waals surface area contributed by atoms with Crippen molar-refractivity contribution in [2.75, 3.05) is 34.8 Å². The van der Waals surface area contributed by atoms with Gasteiger partial charge in [-0.25, -0.2) is 0 Å². The van der Waals surface area contributed by atoms with Crippen LogP contribution in [-0.2, 0) is 47.1 Å². The Labute approximate surface area is 154 Å². The van der Waals surface area contributed by atoms with E-state index in [1.807, 2.05) is 13.8 Å². The zero-order chi connectivity index (χ0) is 16.4. The molecule has 7 nitrogen and oxygen atoms in total. The van der Waals surface area contributed by atoms with Gasteiger partial charge in [-0.2, -0.15) is 20.4 Å². The van der Waals surface area contributed by atoms with Gasteiger partial charge in [-0.1, -0.05) is 0 Å². The van der Waals surface area contributed by atoms with E-state index in [1.54, 1.807) is 38.0 Å². The summed E-state index contributed by atoms with van der Waals surface area (Å²) in [6, 6.07) is 0. The Bertz CT molecular complexity index is 437. The Balaban J connectivity index is 0. The average molecular weight is 394 g/mol. The van der Waals surface area contributed by atoms with E-state index in [0.29, 0.717) is 22.7 Å². The third kappa shape index (κ3) is 10.0. The second-order valence-electron chi connectivity index (χ2n) is 4.42. The molecule has 129 valence electrons. The van der Waals surface area contributed by atoms with Crippen molar-refractivity contribution in [2.45, 2.75) is 20.0 Å². The maximum atomic E-state index is 5.48. The molecule has 1 unspecified atom stereocenters. The third-order valence-corrected chi connectivity index (χ3v) is 3.08. The molecule has 0 saturated carbocycles. The molecular weight excluding hydrogens is 372 g/mol. The van der Waals surface area contributed by atoms with Crippen LogP contribution in [0.5, 0.6) is 0 Å². The van der Waals surface area contributed by atoms with Crippen LogP contribution in [0.1, 0.15) is 13.8 Å². The van der Waals surface area contributed by atoms with Crippen LogP contribution < -0.4 is 0 Å². The molecule has 1 atom stereocenters. The van der Waals surface area contributed by atoms with Crippen molar-refractivity contribution in [3.05, 3.63) is 0 Å². The normalized spacial score (nSPS) is 14.7. The molecule has 0 bridgehead atoms. The summed E-state index contributed by atoms with van der Waals surface area (Å²) in [5.74, 6) is 0. The molecule has 0 spiro atoms. The van der Waals surface area contributed by atoms with E-state index in [-0.39, 0.29) is 23.2 Å². The van der Waals surface area contributed by atoms with Gasteiger partial charge in [0.1, 0.15) is 11.8 Å². The molecule has 10 heteroatoms. The number of nitrogens with zero attached hydrogens (tertiary/aromatic N) is 6. The Kier molecular flexibility index (Phi) is 13.6. The van der Waals surface area contributed by atoms with Crippen LogP contribution in [0.4, 0.5) is 0 Å². The minimum absolute atomic E-state index is 0. The van der Waals surface area contributed by atoms with Crippen molar-refractivity contribution in [3.63, 3.8) is 0 Å². The summed E-state index contributed by atoms with van der Waals surface area (Å²) in [5, 5.41) is 16.5. The summed E-state index contributed by atoms with van der Waals surface area (Å²) < 4.78 is 5.48. The van der Waals surface area contributed by atoms with Crippen molar-refractivity contribution in [1.29, 1.82) is 0 Å². The number of ether oxygens (including phenoxy) is 1. The van der Waals surface area contributed by atoms with E-state index in [0.717, 1.165) is 0 Å². The van der Waals surface area contributed by atoms with Crippen molar-refractivity contribution >= 4 is 47.5 Å². The van der Waals surface area contributed by atoms with E-state index in [9.17, 15) is 0 Å². The van der Waals surface area contributed by atoms with Gasteiger partial charge >= 0.3 is 17.1 Å². The van der Waals surface area contributed by atoms with Gasteiger partial charge in [0.05, 0.1) is 6.21 Å². The second-order valence-corrected chi connectivity index (χ2v) is 5.15. The minimum Gasteiger partial charge on any atom is -0.741 e. The molecule has 0 aliphatic heterocycles. The minimum atomic E-state index is -0.268. The van der Waals surface area contributed by atoms with E-state index < -0.39 is 0 Å². The van der Waals surface area contributed by atoms with Crippen LogP contribution in [-0.4, -0.2) is 73.0 Å². The van der Waals surface area contributed by atoms with Gasteiger partial charge in [-0.05, 0) is 13.8 Å². The van der Waals surface area contributed by atoms with E-state index in [2.05, 4.69) is 20.4 Å². The molecule has 0 N–H and O–H groups in total. The maximum absolute atomic E-state index is 5.48. The monoisotopic (exact) mass is 393 g/mol. The maximum Gasteiger partial charge on any atom is 2.00 e. The van der Waals surface area contributed by atoms with Crippen LogP contribution >= 0.6 is 0 Å². The first kappa shape index (κ1) is 23.5. The molecule has 0 rings (SSSR count). The van der Waals surface area contributed by atoms with Gasteiger partial charge < -0.3 is 39.8 Å². The smallest absolute Gasteiger partial charge is 0.741 e. The predicted octanol–water partition coefficient (Wildman–Crippen LogP) is 0.680. The Morgan fingerprint density at radius 3 is 2.00 bits per heavy atom. The summed E-state index contributed by atoms with van der Waals surface area (Å²) in [6.07, 6.45) is 1.20. The first-order valence-corrected chi connectivity index (χ1v) is 7.18. The Morgan fingerprint density at radius 1 is 1.05 bits per heavy atom. The first-order chi connectivity index (χ1) is 9.79. The molecule has 0 aromatic rings. The summed E-state index contributed by atoms with van der Waals surface area (Å²) in [4.78, 5) is 3.37. The SMILES string of the molecule is CCOC(C)C(C=NN=C([S-])N(C)C)=NN=C([S-])N(C)C.[Cu+2]. The summed E-state index contributed by atoms with van der Waals surface area (Å²) in [6.45, 7) is 4.31. The van der Waals surface area contributed by atoms with Gasteiger partial charge in [-0.3, -0.25) is 0 Å². The van der Waals surface area contributed by atoms with E-state index in [4.69, 9.17) is 30.0 Å². The second kappa shape index (κ2) is 12.7. The topological polar surface area (TPSA) is 65.2 Å². The molecule has 0 saturated heterocycles. The van der Waals surface area contributed by atoms with E-state index in [1.165, 1.54) is 6.21 Å². The zero-order valence-electron chi connectivity index (χ0n) is 13.6. The number of rotatable bonds is 6. The van der Waals surface area contributed by atoms with Gasteiger partial charge in [0.25, 0.3) is 0 Å². The fraction of sp³-hybridized carbons (Fsp3) is 0.667. The number of hydrogen-bond acceptors (Lipinski definition) is 7. The fourth-order valence-electron chi connectivity index (χ4n) is 0.964. The molecule has 0 aliphatic rings. The Morgan fingerprint density at radius 2 is 1.55 bits per heavy atom. The zero-order valence-corrected chi connectivity index (χ0v) is 16.1. The van der Waals surface area contributed by atoms with Crippen LogP contribution in [0.15, 0.2) is 20.4 Å². The quantitative estimate of drug-likeness (QED) is 0.218. The van der Waals surface area contributed by atoms with Gasteiger partial charge in [0.15, 0.2) is 0 Å². The molecule has 0 aromatic carbocycles. The van der Waals surface area contributed by atoms with Crippen molar-refractivity contribution in [2.24, 2.45) is 20.4 Å². The van der Waals surface area contributed by atoms with Crippen LogP contribution in [0, 0.1) is 0 Å². The third-order valence-electron chi connectivity index (χ3n) is 2.18. The fourth-order valence-corrected chi connectivity index (χ4v) is 1.05. The molecular formula is C12H22CuN6OS2. The molecule has 22 heavy (non-hydrogen) atoms. The van der Waals surface area contributed by atoms with Gasteiger partial charge in [0.2, 0.25) is 0 Å². The molecule has 0 heterocycles. The van der Waals surface area contributed by atoms with Gasteiger partial charge in [-0.15, -0.1) is 0 Å². The standard InChI is InChI=1S/C12H24N6OS2.Cu/c1-7-19-9(2)10(14-16-12(21)18(5)6)8-13-15-11(20)17(3)4;/h8-9H,7H2,1-6H3,(H,15,20)(H,16,21);/q;+2/p-2. The number of amidine groups is 2. The van der Waals surface area contributed by atoms with Crippen molar-refractivity contribution in [3.8, 4) is 0 Å².